The average molecular weight is 298 g/mol. The third kappa shape index (κ3) is 3.47. The lowest BCUT2D eigenvalue weighted by molar-refractivity contribution is 0.491. The number of hydrogen-bond donors (Lipinski definition) is 1. The highest BCUT2D eigenvalue weighted by molar-refractivity contribution is 6.33. The molecule has 0 aromatic heterocycles. The fourth-order valence-electron chi connectivity index (χ4n) is 2.06. The molecular weight excluding hydrogens is 284 g/mol. The maximum atomic E-state index is 12.9. The first-order valence-electron chi connectivity index (χ1n) is 5.87. The number of halogens is 3. The topological polar surface area (TPSA) is 26.0 Å². The minimum atomic E-state index is -0.667. The van der Waals surface area contributed by atoms with E-state index in [1.54, 1.807) is 30.3 Å². The van der Waals surface area contributed by atoms with Gasteiger partial charge in [-0.15, -0.1) is 0 Å². The minimum Gasteiger partial charge on any atom is -0.321 e. The van der Waals surface area contributed by atoms with Gasteiger partial charge in [0.15, 0.2) is 0 Å². The van der Waals surface area contributed by atoms with Crippen molar-refractivity contribution in [2.24, 2.45) is 5.73 Å². The first kappa shape index (κ1) is 14.3. The van der Waals surface area contributed by atoms with Crippen LogP contribution in [0, 0.1) is 5.82 Å². The molecule has 0 saturated carbocycles. The van der Waals surface area contributed by atoms with Crippen molar-refractivity contribution in [3.8, 4) is 0 Å². The Morgan fingerprint density at radius 2 is 1.74 bits per heavy atom. The van der Waals surface area contributed by atoms with Gasteiger partial charge >= 0.3 is 0 Å². The number of rotatable bonds is 3. The van der Waals surface area contributed by atoms with Crippen LogP contribution in [-0.4, -0.2) is 0 Å². The third-order valence-corrected chi connectivity index (χ3v) is 3.59. The molecule has 1 nitrogen and oxygen atoms in total. The van der Waals surface area contributed by atoms with E-state index in [0.29, 0.717) is 16.5 Å². The molecule has 0 amide bonds. The number of nitrogens with two attached hydrogens (primary N) is 1. The lowest BCUT2D eigenvalue weighted by Crippen LogP contribution is -2.35. The molecule has 2 rings (SSSR count). The molecule has 0 aliphatic rings. The van der Waals surface area contributed by atoms with Gasteiger partial charge in [-0.2, -0.15) is 0 Å². The van der Waals surface area contributed by atoms with Crippen molar-refractivity contribution >= 4 is 23.2 Å². The largest absolute Gasteiger partial charge is 0.321 e. The lowest BCUT2D eigenvalue weighted by atomic mass is 9.86. The van der Waals surface area contributed by atoms with Crippen molar-refractivity contribution in [1.29, 1.82) is 0 Å². The SMILES string of the molecule is CC(N)(Cc1ccc(F)cc1)c1cc(Cl)ccc1Cl. The fourth-order valence-corrected chi connectivity index (χ4v) is 2.56. The second-order valence-electron chi connectivity index (χ2n) is 4.84. The van der Waals surface area contributed by atoms with Gasteiger partial charge in [-0.25, -0.2) is 4.39 Å². The zero-order valence-corrected chi connectivity index (χ0v) is 12.0. The Morgan fingerprint density at radius 3 is 2.37 bits per heavy atom. The molecule has 0 aliphatic carbocycles. The van der Waals surface area contributed by atoms with Crippen LogP contribution < -0.4 is 5.73 Å². The second-order valence-corrected chi connectivity index (χ2v) is 5.69. The van der Waals surface area contributed by atoms with Gasteiger partial charge in [-0.1, -0.05) is 35.3 Å². The molecule has 19 heavy (non-hydrogen) atoms. The molecule has 0 saturated heterocycles. The zero-order chi connectivity index (χ0) is 14.0. The van der Waals surface area contributed by atoms with E-state index in [1.165, 1.54) is 12.1 Å². The fraction of sp³-hybridized carbons (Fsp3) is 0.200. The summed E-state index contributed by atoms with van der Waals surface area (Å²) in [6.45, 7) is 1.88. The minimum absolute atomic E-state index is 0.261. The molecule has 0 aliphatic heterocycles. The third-order valence-electron chi connectivity index (χ3n) is 3.03. The molecule has 1 atom stereocenters. The van der Waals surface area contributed by atoms with E-state index in [4.69, 9.17) is 28.9 Å². The molecule has 4 heteroatoms. The first-order valence-corrected chi connectivity index (χ1v) is 6.63. The molecule has 1 unspecified atom stereocenters. The van der Waals surface area contributed by atoms with Crippen LogP contribution >= 0.6 is 23.2 Å². The molecule has 2 aromatic rings. The smallest absolute Gasteiger partial charge is 0.123 e. The molecule has 2 N–H and O–H groups in total. The van der Waals surface area contributed by atoms with Gasteiger partial charge in [-0.3, -0.25) is 0 Å². The Balaban J connectivity index is 2.31. The second kappa shape index (κ2) is 5.49. The van der Waals surface area contributed by atoms with Crippen LogP contribution in [0.3, 0.4) is 0 Å². The van der Waals surface area contributed by atoms with Gasteiger partial charge in [0, 0.05) is 15.6 Å². The van der Waals surface area contributed by atoms with Crippen LogP contribution in [0.2, 0.25) is 10.0 Å². The first-order chi connectivity index (χ1) is 8.88. The maximum absolute atomic E-state index is 12.9. The maximum Gasteiger partial charge on any atom is 0.123 e. The highest BCUT2D eigenvalue weighted by atomic mass is 35.5. The van der Waals surface area contributed by atoms with E-state index in [2.05, 4.69) is 0 Å². The predicted octanol–water partition coefficient (Wildman–Crippen LogP) is 4.55. The summed E-state index contributed by atoms with van der Waals surface area (Å²) in [6.07, 6.45) is 0.549. The average Bonchev–Trinajstić information content (AvgIpc) is 2.35. The molecule has 0 radical (unpaired) electrons. The Morgan fingerprint density at radius 1 is 1.11 bits per heavy atom. The van der Waals surface area contributed by atoms with Crippen molar-refractivity contribution < 1.29 is 4.39 Å². The molecule has 0 spiro atoms. The van der Waals surface area contributed by atoms with Crippen LogP contribution in [-0.2, 0) is 12.0 Å². The Hall–Kier alpha value is -1.09. The number of benzene rings is 2. The molecule has 0 fully saturated rings. The summed E-state index contributed by atoms with van der Waals surface area (Å²) < 4.78 is 12.9. The summed E-state index contributed by atoms with van der Waals surface area (Å²) in [5.74, 6) is -0.261. The molecular formula is C15H14Cl2FN. The van der Waals surface area contributed by atoms with E-state index < -0.39 is 5.54 Å². The number of hydrogen-bond acceptors (Lipinski definition) is 1. The molecule has 2 aromatic carbocycles. The van der Waals surface area contributed by atoms with Crippen LogP contribution in [0.1, 0.15) is 18.1 Å². The van der Waals surface area contributed by atoms with Crippen molar-refractivity contribution in [3.05, 3.63) is 69.5 Å². The van der Waals surface area contributed by atoms with Crippen molar-refractivity contribution in [1.82, 2.24) is 0 Å². The summed E-state index contributed by atoms with van der Waals surface area (Å²) in [4.78, 5) is 0. The lowest BCUT2D eigenvalue weighted by Gasteiger charge is -2.26. The zero-order valence-electron chi connectivity index (χ0n) is 10.5. The highest BCUT2D eigenvalue weighted by Gasteiger charge is 2.24. The Kier molecular flexibility index (Phi) is 4.14. The summed E-state index contributed by atoms with van der Waals surface area (Å²) >= 11 is 12.2. The van der Waals surface area contributed by atoms with Crippen molar-refractivity contribution in [2.75, 3.05) is 0 Å². The van der Waals surface area contributed by atoms with Crippen LogP contribution in [0.25, 0.3) is 0 Å². The summed E-state index contributed by atoms with van der Waals surface area (Å²) in [6, 6.07) is 11.5. The standard InChI is InChI=1S/C15H14Cl2FN/c1-15(19,9-10-2-5-12(18)6-3-10)13-8-11(16)4-7-14(13)17/h2-8H,9,19H2,1H3. The van der Waals surface area contributed by atoms with Gasteiger partial charge in [0.1, 0.15) is 5.82 Å². The van der Waals surface area contributed by atoms with Crippen LogP contribution in [0.5, 0.6) is 0 Å². The van der Waals surface area contributed by atoms with Gasteiger partial charge in [0.25, 0.3) is 0 Å². The van der Waals surface area contributed by atoms with E-state index in [-0.39, 0.29) is 5.82 Å². The van der Waals surface area contributed by atoms with E-state index in [1.807, 2.05) is 6.92 Å². The van der Waals surface area contributed by atoms with Gasteiger partial charge < -0.3 is 5.73 Å². The summed E-state index contributed by atoms with van der Waals surface area (Å²) in [5.41, 5.74) is 7.40. The highest BCUT2D eigenvalue weighted by Crippen LogP contribution is 2.31. The van der Waals surface area contributed by atoms with Gasteiger partial charge in [0.2, 0.25) is 0 Å². The molecule has 0 heterocycles. The molecule has 0 bridgehead atoms. The molecule has 100 valence electrons. The van der Waals surface area contributed by atoms with Gasteiger partial charge in [0.05, 0.1) is 0 Å². The van der Waals surface area contributed by atoms with Gasteiger partial charge in [-0.05, 0) is 54.8 Å². The predicted molar refractivity (Wildman–Crippen MR) is 78.1 cm³/mol. The summed E-state index contributed by atoms with van der Waals surface area (Å²) in [5, 5.41) is 1.17. The van der Waals surface area contributed by atoms with Crippen molar-refractivity contribution in [3.63, 3.8) is 0 Å². The Labute approximate surface area is 122 Å². The van der Waals surface area contributed by atoms with E-state index in [0.717, 1.165) is 11.1 Å². The quantitative estimate of drug-likeness (QED) is 0.884. The normalized spacial score (nSPS) is 14.2. The van der Waals surface area contributed by atoms with E-state index in [9.17, 15) is 4.39 Å². The monoisotopic (exact) mass is 297 g/mol. The van der Waals surface area contributed by atoms with Crippen LogP contribution in [0.4, 0.5) is 4.39 Å². The van der Waals surface area contributed by atoms with Crippen molar-refractivity contribution in [2.45, 2.75) is 18.9 Å². The van der Waals surface area contributed by atoms with Crippen LogP contribution in [0.15, 0.2) is 42.5 Å². The van der Waals surface area contributed by atoms with E-state index >= 15 is 0 Å². The summed E-state index contributed by atoms with van der Waals surface area (Å²) in [7, 11) is 0. The Bertz CT molecular complexity index is 579.